The van der Waals surface area contributed by atoms with Gasteiger partial charge in [0.15, 0.2) is 7.14 Å². The number of hydrogen-bond donors (Lipinski definition) is 0. The molecule has 5 aromatic rings. The SMILES string of the molecule is Bc1c(B)c(B)c(C2c3ccccc3-c3ccc4c(c32)P(=O)(c2ccccc2)c2ccccc2-4)c(B)c1B. The summed E-state index contributed by atoms with van der Waals surface area (Å²) in [6.07, 6.45) is 0. The molecule has 1 nitrogen and oxygen atoms in total. The zero-order chi connectivity index (χ0) is 26.3. The molecule has 5 aromatic carbocycles. The van der Waals surface area contributed by atoms with Crippen molar-refractivity contribution in [3.05, 3.63) is 108 Å². The van der Waals surface area contributed by atoms with Gasteiger partial charge in [-0.15, -0.1) is 16.4 Å². The quantitative estimate of drug-likeness (QED) is 0.194. The van der Waals surface area contributed by atoms with E-state index in [1.54, 1.807) is 0 Å². The minimum atomic E-state index is -3.09. The second kappa shape index (κ2) is 8.33. The smallest absolute Gasteiger partial charge is 0.172 e. The summed E-state index contributed by atoms with van der Waals surface area (Å²) in [4.78, 5) is 0. The molecule has 0 bridgehead atoms. The molecule has 1 aliphatic carbocycles. The van der Waals surface area contributed by atoms with Crippen molar-refractivity contribution in [2.24, 2.45) is 0 Å². The van der Waals surface area contributed by atoms with Gasteiger partial charge in [0.1, 0.15) is 39.2 Å². The molecular weight excluding hydrogens is 473 g/mol. The lowest BCUT2D eigenvalue weighted by molar-refractivity contribution is 0.593. The topological polar surface area (TPSA) is 17.1 Å². The molecule has 0 radical (unpaired) electrons. The van der Waals surface area contributed by atoms with Gasteiger partial charge in [-0.3, -0.25) is 0 Å². The molecule has 176 valence electrons. The van der Waals surface area contributed by atoms with Crippen molar-refractivity contribution in [1.82, 2.24) is 0 Å². The average molecular weight is 500 g/mol. The van der Waals surface area contributed by atoms with Crippen LogP contribution >= 0.6 is 7.14 Å². The Kier molecular flexibility index (Phi) is 5.20. The molecule has 0 spiro atoms. The Morgan fingerprint density at radius 3 is 1.76 bits per heavy atom. The van der Waals surface area contributed by atoms with E-state index >= 15 is 4.57 Å². The van der Waals surface area contributed by atoms with Crippen LogP contribution in [0.15, 0.2) is 91.0 Å². The predicted octanol–water partition coefficient (Wildman–Crippen LogP) is -2.24. The Balaban J connectivity index is 1.65. The minimum absolute atomic E-state index is 0.0421. The maximum Gasteiger partial charge on any atom is 0.172 e. The van der Waals surface area contributed by atoms with Gasteiger partial charge in [0.25, 0.3) is 0 Å². The lowest BCUT2D eigenvalue weighted by Gasteiger charge is -2.28. The standard InChI is InChI=1S/C31H26B5OP/c32-26-25(27(33)29(35)30(36)28(26)34)23-19-12-5-4-10-17(19)20-14-15-21-18-11-6-7-13-22(18)38(37,31(21)24(20)23)16-8-2-1-3-9-16/h1-15,23H,32-36H2. The molecule has 0 amide bonds. The van der Waals surface area contributed by atoms with Crippen molar-refractivity contribution in [2.75, 3.05) is 0 Å². The van der Waals surface area contributed by atoms with Gasteiger partial charge in [0, 0.05) is 21.8 Å². The van der Waals surface area contributed by atoms with Crippen LogP contribution in [-0.4, -0.2) is 39.2 Å². The third kappa shape index (κ3) is 2.93. The fourth-order valence-corrected chi connectivity index (χ4v) is 10.4. The third-order valence-electron chi connectivity index (χ3n) is 9.38. The molecule has 0 fully saturated rings. The normalized spacial score (nSPS) is 18.5. The van der Waals surface area contributed by atoms with Gasteiger partial charge in [-0.05, 0) is 38.9 Å². The van der Waals surface area contributed by atoms with E-state index in [1.165, 1.54) is 55.1 Å². The van der Waals surface area contributed by atoms with Crippen molar-refractivity contribution in [1.29, 1.82) is 0 Å². The first kappa shape index (κ1) is 23.7. The van der Waals surface area contributed by atoms with Gasteiger partial charge in [0.2, 0.25) is 0 Å². The first-order chi connectivity index (χ1) is 18.4. The highest BCUT2D eigenvalue weighted by Gasteiger charge is 2.46. The zero-order valence-electron chi connectivity index (χ0n) is 22.6. The number of rotatable bonds is 2. The van der Waals surface area contributed by atoms with Crippen LogP contribution in [0, 0.1) is 0 Å². The Morgan fingerprint density at radius 1 is 0.500 bits per heavy atom. The first-order valence-corrected chi connectivity index (χ1v) is 15.2. The van der Waals surface area contributed by atoms with Gasteiger partial charge in [0.05, 0.1) is 0 Å². The Bertz CT molecular complexity index is 1840. The first-order valence-electron chi connectivity index (χ1n) is 13.4. The minimum Gasteiger partial charge on any atom is -0.309 e. The largest absolute Gasteiger partial charge is 0.309 e. The van der Waals surface area contributed by atoms with Crippen LogP contribution in [0.3, 0.4) is 0 Å². The number of hydrogen-bond acceptors (Lipinski definition) is 1. The van der Waals surface area contributed by atoms with Crippen LogP contribution in [0.5, 0.6) is 0 Å². The predicted molar refractivity (Wildman–Crippen MR) is 179 cm³/mol. The summed E-state index contributed by atoms with van der Waals surface area (Å²) >= 11 is 0. The molecule has 2 aliphatic rings. The van der Waals surface area contributed by atoms with Gasteiger partial charge < -0.3 is 4.57 Å². The fraction of sp³-hybridized carbons (Fsp3) is 0.0323. The van der Waals surface area contributed by atoms with E-state index in [4.69, 9.17) is 0 Å². The molecule has 7 heteroatoms. The highest BCUT2D eigenvalue weighted by molar-refractivity contribution is 7.86. The molecule has 0 N–H and O–H groups in total. The van der Waals surface area contributed by atoms with E-state index in [1.807, 2.05) is 24.3 Å². The highest BCUT2D eigenvalue weighted by Crippen LogP contribution is 2.58. The van der Waals surface area contributed by atoms with Crippen LogP contribution in [0.1, 0.15) is 22.6 Å². The second-order valence-corrected chi connectivity index (χ2v) is 13.6. The maximum absolute atomic E-state index is 15.7. The summed E-state index contributed by atoms with van der Waals surface area (Å²) < 4.78 is 15.7. The highest BCUT2D eigenvalue weighted by atomic mass is 31.2. The molecule has 0 aromatic heterocycles. The Morgan fingerprint density at radius 2 is 1.05 bits per heavy atom. The van der Waals surface area contributed by atoms with Crippen LogP contribution < -0.4 is 43.2 Å². The monoisotopic (exact) mass is 500 g/mol. The molecule has 1 heterocycles. The number of fused-ring (bicyclic) bond motifs is 7. The van der Waals surface area contributed by atoms with Crippen molar-refractivity contribution >= 4 is 89.6 Å². The van der Waals surface area contributed by atoms with Gasteiger partial charge >= 0.3 is 0 Å². The molecule has 7 rings (SSSR count). The van der Waals surface area contributed by atoms with E-state index < -0.39 is 7.14 Å². The molecule has 2 atom stereocenters. The summed E-state index contributed by atoms with van der Waals surface area (Å²) in [5.74, 6) is 0.0421. The van der Waals surface area contributed by atoms with Crippen LogP contribution in [0.4, 0.5) is 0 Å². The number of benzene rings is 5. The molecule has 0 saturated heterocycles. The van der Waals surface area contributed by atoms with Crippen molar-refractivity contribution in [3.8, 4) is 22.3 Å². The zero-order valence-corrected chi connectivity index (χ0v) is 23.5. The van der Waals surface area contributed by atoms with E-state index in [-0.39, 0.29) is 5.92 Å². The maximum atomic E-state index is 15.7. The van der Waals surface area contributed by atoms with Gasteiger partial charge in [-0.2, -0.15) is 0 Å². The molecule has 38 heavy (non-hydrogen) atoms. The van der Waals surface area contributed by atoms with Crippen molar-refractivity contribution < 1.29 is 4.57 Å². The van der Waals surface area contributed by atoms with Crippen LogP contribution in [0.25, 0.3) is 22.3 Å². The van der Waals surface area contributed by atoms with Crippen molar-refractivity contribution in [2.45, 2.75) is 5.92 Å². The summed E-state index contributed by atoms with van der Waals surface area (Å²) in [5, 5.41) is 2.92. The van der Waals surface area contributed by atoms with Crippen molar-refractivity contribution in [3.63, 3.8) is 0 Å². The van der Waals surface area contributed by atoms with Crippen LogP contribution in [0.2, 0.25) is 0 Å². The molecule has 1 aliphatic heterocycles. The van der Waals surface area contributed by atoms with Crippen LogP contribution in [-0.2, 0) is 4.57 Å². The van der Waals surface area contributed by atoms with Gasteiger partial charge in [-0.1, -0.05) is 102 Å². The average Bonchev–Trinajstić information content (AvgIpc) is 3.42. The van der Waals surface area contributed by atoms with E-state index in [2.05, 4.69) is 106 Å². The Labute approximate surface area is 229 Å². The summed E-state index contributed by atoms with van der Waals surface area (Å²) in [6, 6.07) is 31.8. The van der Waals surface area contributed by atoms with E-state index in [0.29, 0.717) is 0 Å². The molecular formula is C31H26B5OP. The molecule has 0 saturated carbocycles. The lowest BCUT2D eigenvalue weighted by Crippen LogP contribution is -2.56. The summed E-state index contributed by atoms with van der Waals surface area (Å²) in [5.41, 5.74) is 15.4. The van der Waals surface area contributed by atoms with E-state index in [9.17, 15) is 0 Å². The second-order valence-electron chi connectivity index (χ2n) is 10.9. The third-order valence-corrected chi connectivity index (χ3v) is 12.6. The Hall–Kier alpha value is -3.35. The van der Waals surface area contributed by atoms with Gasteiger partial charge in [-0.25, -0.2) is 0 Å². The summed E-state index contributed by atoms with van der Waals surface area (Å²) in [6.45, 7) is 0. The summed E-state index contributed by atoms with van der Waals surface area (Å²) in [7, 11) is 8.21. The molecule has 2 unspecified atom stereocenters. The van der Waals surface area contributed by atoms with E-state index in [0.717, 1.165) is 27.0 Å². The lowest BCUT2D eigenvalue weighted by atomic mass is 9.58. The fourth-order valence-electron chi connectivity index (χ4n) is 7.11.